The molecule has 0 aliphatic rings. The number of alkyl halides is 1. The van der Waals surface area contributed by atoms with Crippen LogP contribution in [0.2, 0.25) is 0 Å². The van der Waals surface area contributed by atoms with E-state index >= 15 is 0 Å². The summed E-state index contributed by atoms with van der Waals surface area (Å²) >= 11 is 2.08. The maximum Gasteiger partial charge on any atom is 0.123 e. The minimum atomic E-state index is -0.0550. The molecule has 1 rings (SSSR count). The molecule has 0 aromatic carbocycles. The zero-order valence-corrected chi connectivity index (χ0v) is 7.32. The molecule has 50 valence electrons. The molecule has 0 aliphatic carbocycles. The highest BCUT2D eigenvalue weighted by Crippen LogP contribution is 2.20. The Morgan fingerprint density at radius 3 is 2.60 bits per heavy atom. The van der Waals surface area contributed by atoms with Gasteiger partial charge in [-0.15, -0.1) is 0 Å². The van der Waals surface area contributed by atoms with Gasteiger partial charge in [-0.25, -0.2) is 0 Å². The standard InChI is InChI=1S/C7H5IN2/c8-7(5-9)6-1-3-10-4-2-6/h1-4,7H. The summed E-state index contributed by atoms with van der Waals surface area (Å²) in [6.07, 6.45) is 3.39. The van der Waals surface area contributed by atoms with Gasteiger partial charge in [0.25, 0.3) is 0 Å². The van der Waals surface area contributed by atoms with E-state index < -0.39 is 0 Å². The molecule has 0 saturated heterocycles. The molecule has 10 heavy (non-hydrogen) atoms. The Morgan fingerprint density at radius 2 is 2.10 bits per heavy atom. The van der Waals surface area contributed by atoms with Crippen molar-refractivity contribution in [1.82, 2.24) is 4.98 Å². The van der Waals surface area contributed by atoms with Gasteiger partial charge in [0, 0.05) is 12.4 Å². The van der Waals surface area contributed by atoms with E-state index in [0.29, 0.717) is 0 Å². The van der Waals surface area contributed by atoms with Crippen LogP contribution in [0.5, 0.6) is 0 Å². The number of aromatic nitrogens is 1. The number of nitrogens with zero attached hydrogens (tertiary/aromatic N) is 2. The summed E-state index contributed by atoms with van der Waals surface area (Å²) in [5.41, 5.74) is 1.01. The van der Waals surface area contributed by atoms with Crippen molar-refractivity contribution in [2.75, 3.05) is 0 Å². The van der Waals surface area contributed by atoms with Crippen molar-refractivity contribution < 1.29 is 0 Å². The second-order valence-corrected chi connectivity index (χ2v) is 3.02. The molecule has 0 radical (unpaired) electrons. The van der Waals surface area contributed by atoms with Crippen LogP contribution in [0.3, 0.4) is 0 Å². The van der Waals surface area contributed by atoms with E-state index in [-0.39, 0.29) is 3.92 Å². The van der Waals surface area contributed by atoms with Crippen LogP contribution in [0.25, 0.3) is 0 Å². The maximum absolute atomic E-state index is 8.51. The van der Waals surface area contributed by atoms with E-state index in [1.807, 2.05) is 12.1 Å². The van der Waals surface area contributed by atoms with Crippen LogP contribution < -0.4 is 0 Å². The van der Waals surface area contributed by atoms with Crippen molar-refractivity contribution in [3.63, 3.8) is 0 Å². The van der Waals surface area contributed by atoms with Crippen molar-refractivity contribution in [3.8, 4) is 6.07 Å². The molecule has 0 amide bonds. The first-order valence-corrected chi connectivity index (χ1v) is 4.03. The molecule has 1 aromatic rings. The minimum absolute atomic E-state index is 0.0550. The summed E-state index contributed by atoms with van der Waals surface area (Å²) in [7, 11) is 0. The molecule has 1 aromatic heterocycles. The quantitative estimate of drug-likeness (QED) is 0.560. The van der Waals surface area contributed by atoms with Gasteiger partial charge in [-0.05, 0) is 17.7 Å². The maximum atomic E-state index is 8.51. The highest BCUT2D eigenvalue weighted by atomic mass is 127. The number of hydrogen-bond donors (Lipinski definition) is 0. The third-order valence-electron chi connectivity index (χ3n) is 1.11. The summed E-state index contributed by atoms with van der Waals surface area (Å²) in [6.45, 7) is 0. The zero-order chi connectivity index (χ0) is 7.40. The van der Waals surface area contributed by atoms with Crippen LogP contribution in [-0.2, 0) is 0 Å². The molecule has 1 atom stereocenters. The molecule has 1 unspecified atom stereocenters. The Balaban J connectivity index is 2.88. The summed E-state index contributed by atoms with van der Waals surface area (Å²) in [5.74, 6) is 0. The second-order valence-electron chi connectivity index (χ2n) is 1.77. The van der Waals surface area contributed by atoms with Crippen LogP contribution in [-0.4, -0.2) is 4.98 Å². The van der Waals surface area contributed by atoms with Crippen molar-refractivity contribution in [1.29, 1.82) is 5.26 Å². The van der Waals surface area contributed by atoms with E-state index in [1.165, 1.54) is 0 Å². The van der Waals surface area contributed by atoms with E-state index in [2.05, 4.69) is 33.6 Å². The Morgan fingerprint density at radius 1 is 1.50 bits per heavy atom. The third kappa shape index (κ3) is 1.67. The van der Waals surface area contributed by atoms with E-state index in [9.17, 15) is 0 Å². The first-order valence-electron chi connectivity index (χ1n) is 2.78. The molecule has 0 N–H and O–H groups in total. The Hall–Kier alpha value is -0.630. The van der Waals surface area contributed by atoms with Gasteiger partial charge in [0.15, 0.2) is 0 Å². The lowest BCUT2D eigenvalue weighted by Gasteiger charge is -1.96. The van der Waals surface area contributed by atoms with Gasteiger partial charge >= 0.3 is 0 Å². The van der Waals surface area contributed by atoms with Crippen molar-refractivity contribution in [2.24, 2.45) is 0 Å². The summed E-state index contributed by atoms with van der Waals surface area (Å²) in [6, 6.07) is 5.84. The predicted octanol–water partition coefficient (Wildman–Crippen LogP) is 2.08. The van der Waals surface area contributed by atoms with E-state index in [4.69, 9.17) is 5.26 Å². The van der Waals surface area contributed by atoms with Gasteiger partial charge in [0.1, 0.15) is 3.92 Å². The van der Waals surface area contributed by atoms with Crippen molar-refractivity contribution in [2.45, 2.75) is 3.92 Å². The molecule has 0 bridgehead atoms. The minimum Gasteiger partial charge on any atom is -0.265 e. The van der Waals surface area contributed by atoms with Crippen LogP contribution in [0.4, 0.5) is 0 Å². The van der Waals surface area contributed by atoms with E-state index in [0.717, 1.165) is 5.56 Å². The Bertz CT molecular complexity index is 240. The summed E-state index contributed by atoms with van der Waals surface area (Å²) < 4.78 is -0.0550. The van der Waals surface area contributed by atoms with Crippen molar-refractivity contribution in [3.05, 3.63) is 30.1 Å². The summed E-state index contributed by atoms with van der Waals surface area (Å²) in [5, 5.41) is 8.51. The predicted molar refractivity (Wildman–Crippen MR) is 46.6 cm³/mol. The third-order valence-corrected chi connectivity index (χ3v) is 2.11. The van der Waals surface area contributed by atoms with Gasteiger partial charge in [-0.3, -0.25) is 4.98 Å². The zero-order valence-electron chi connectivity index (χ0n) is 5.16. The lowest BCUT2D eigenvalue weighted by atomic mass is 10.2. The molecule has 2 nitrogen and oxygen atoms in total. The Kier molecular flexibility index (Phi) is 2.63. The first kappa shape index (κ1) is 7.48. The Labute approximate surface area is 73.0 Å². The van der Waals surface area contributed by atoms with Crippen LogP contribution in [0, 0.1) is 11.3 Å². The van der Waals surface area contributed by atoms with Crippen molar-refractivity contribution >= 4 is 22.6 Å². The fourth-order valence-electron chi connectivity index (χ4n) is 0.607. The monoisotopic (exact) mass is 244 g/mol. The lowest BCUT2D eigenvalue weighted by Crippen LogP contribution is -1.83. The largest absolute Gasteiger partial charge is 0.265 e. The highest BCUT2D eigenvalue weighted by Gasteiger charge is 2.02. The van der Waals surface area contributed by atoms with Gasteiger partial charge in [-0.2, -0.15) is 5.26 Å². The van der Waals surface area contributed by atoms with Crippen LogP contribution >= 0.6 is 22.6 Å². The number of nitriles is 1. The molecular weight excluding hydrogens is 239 g/mol. The highest BCUT2D eigenvalue weighted by molar-refractivity contribution is 14.1. The average molecular weight is 244 g/mol. The SMILES string of the molecule is N#CC(I)c1ccncc1. The molecule has 0 fully saturated rings. The summed E-state index contributed by atoms with van der Waals surface area (Å²) in [4.78, 5) is 3.85. The average Bonchev–Trinajstić information content (AvgIpc) is 2.05. The molecule has 1 heterocycles. The number of halogens is 1. The molecule has 0 spiro atoms. The van der Waals surface area contributed by atoms with E-state index in [1.54, 1.807) is 12.4 Å². The van der Waals surface area contributed by atoms with Gasteiger partial charge in [0.2, 0.25) is 0 Å². The molecule has 0 saturated carbocycles. The molecule has 3 heteroatoms. The second kappa shape index (κ2) is 3.52. The fourth-order valence-corrected chi connectivity index (χ4v) is 1.02. The molecular formula is C7H5IN2. The van der Waals surface area contributed by atoms with Crippen LogP contribution in [0.1, 0.15) is 9.49 Å². The van der Waals surface area contributed by atoms with Gasteiger partial charge in [0.05, 0.1) is 6.07 Å². The smallest absolute Gasteiger partial charge is 0.123 e. The number of hydrogen-bond acceptors (Lipinski definition) is 2. The lowest BCUT2D eigenvalue weighted by molar-refractivity contribution is 1.22. The molecule has 0 aliphatic heterocycles. The topological polar surface area (TPSA) is 36.7 Å². The van der Waals surface area contributed by atoms with Crippen LogP contribution in [0.15, 0.2) is 24.5 Å². The van der Waals surface area contributed by atoms with Gasteiger partial charge < -0.3 is 0 Å². The van der Waals surface area contributed by atoms with Gasteiger partial charge in [-0.1, -0.05) is 22.6 Å². The normalized spacial score (nSPS) is 12.0. The fraction of sp³-hybridized carbons (Fsp3) is 0.143. The first-order chi connectivity index (χ1) is 4.84. The number of rotatable bonds is 1. The number of pyridine rings is 1.